The smallest absolute Gasteiger partial charge is 0.191 e. The van der Waals surface area contributed by atoms with E-state index in [1.165, 1.54) is 4.88 Å². The third-order valence-electron chi connectivity index (χ3n) is 4.49. The lowest BCUT2D eigenvalue weighted by Crippen LogP contribution is -2.46. The molecule has 154 valence electrons. The molecule has 1 atom stereocenters. The van der Waals surface area contributed by atoms with Crippen molar-refractivity contribution < 1.29 is 4.74 Å². The van der Waals surface area contributed by atoms with Gasteiger partial charge in [0.15, 0.2) is 11.1 Å². The van der Waals surface area contributed by atoms with Crippen molar-refractivity contribution in [3.8, 4) is 0 Å². The summed E-state index contributed by atoms with van der Waals surface area (Å²) in [7, 11) is 4.02. The number of hydrogen-bond acceptors (Lipinski definition) is 7. The van der Waals surface area contributed by atoms with Gasteiger partial charge in [-0.3, -0.25) is 4.90 Å². The van der Waals surface area contributed by atoms with Gasteiger partial charge in [-0.2, -0.15) is 0 Å². The second kappa shape index (κ2) is 10.8. The molecular formula is C19H30N6OS2. The summed E-state index contributed by atoms with van der Waals surface area (Å²) in [6.45, 7) is 7.82. The maximum absolute atomic E-state index is 5.53. The van der Waals surface area contributed by atoms with Crippen molar-refractivity contribution in [3.63, 3.8) is 0 Å². The summed E-state index contributed by atoms with van der Waals surface area (Å²) in [6, 6.07) is 4.67. The highest BCUT2D eigenvalue weighted by molar-refractivity contribution is 7.13. The molecule has 0 saturated carbocycles. The predicted molar refractivity (Wildman–Crippen MR) is 119 cm³/mol. The summed E-state index contributed by atoms with van der Waals surface area (Å²) < 4.78 is 5.53. The van der Waals surface area contributed by atoms with Crippen LogP contribution in [0.2, 0.25) is 0 Å². The number of guanidine groups is 1. The molecule has 28 heavy (non-hydrogen) atoms. The van der Waals surface area contributed by atoms with Crippen molar-refractivity contribution in [1.82, 2.24) is 20.5 Å². The Kier molecular flexibility index (Phi) is 8.08. The van der Waals surface area contributed by atoms with E-state index in [4.69, 9.17) is 9.73 Å². The van der Waals surface area contributed by atoms with Crippen LogP contribution in [-0.2, 0) is 11.3 Å². The van der Waals surface area contributed by atoms with Crippen LogP contribution in [0.4, 0.5) is 5.13 Å². The van der Waals surface area contributed by atoms with Crippen LogP contribution in [0, 0.1) is 0 Å². The Hall–Kier alpha value is -1.68. The number of thiazole rings is 1. The van der Waals surface area contributed by atoms with Crippen LogP contribution in [0.25, 0.3) is 0 Å². The molecule has 0 aliphatic carbocycles. The lowest BCUT2D eigenvalue weighted by Gasteiger charge is -2.34. The van der Waals surface area contributed by atoms with Gasteiger partial charge >= 0.3 is 0 Å². The predicted octanol–water partition coefficient (Wildman–Crippen LogP) is 2.40. The zero-order chi connectivity index (χ0) is 19.8. The van der Waals surface area contributed by atoms with Gasteiger partial charge < -0.3 is 20.3 Å². The number of rotatable bonds is 8. The van der Waals surface area contributed by atoms with Gasteiger partial charge in [-0.15, -0.1) is 22.7 Å². The number of thiophene rings is 1. The number of nitrogens with one attached hydrogen (secondary N) is 2. The summed E-state index contributed by atoms with van der Waals surface area (Å²) in [5, 5.41) is 12.1. The van der Waals surface area contributed by atoms with E-state index >= 15 is 0 Å². The monoisotopic (exact) mass is 422 g/mol. The van der Waals surface area contributed by atoms with Crippen LogP contribution >= 0.6 is 22.7 Å². The Morgan fingerprint density at radius 2 is 2.14 bits per heavy atom. The number of aliphatic imine (C=N–C) groups is 1. The average Bonchev–Trinajstić information content (AvgIpc) is 3.39. The molecule has 0 spiro atoms. The van der Waals surface area contributed by atoms with Crippen molar-refractivity contribution in [2.45, 2.75) is 19.5 Å². The molecule has 2 aromatic heterocycles. The highest BCUT2D eigenvalue weighted by Crippen LogP contribution is 2.25. The zero-order valence-electron chi connectivity index (χ0n) is 16.9. The first-order valence-corrected chi connectivity index (χ1v) is 11.4. The Bertz CT molecular complexity index is 725. The fourth-order valence-electron chi connectivity index (χ4n) is 3.05. The Balaban J connectivity index is 1.64. The highest BCUT2D eigenvalue weighted by Gasteiger charge is 2.23. The first kappa shape index (κ1) is 21.0. The largest absolute Gasteiger partial charge is 0.379 e. The molecule has 7 nitrogen and oxygen atoms in total. The summed E-state index contributed by atoms with van der Waals surface area (Å²) in [4.78, 5) is 15.2. The quantitative estimate of drug-likeness (QED) is 0.503. The fourth-order valence-corrected chi connectivity index (χ4v) is 4.66. The molecular weight excluding hydrogens is 392 g/mol. The van der Waals surface area contributed by atoms with Crippen LogP contribution in [0.15, 0.2) is 27.9 Å². The summed E-state index contributed by atoms with van der Waals surface area (Å²) >= 11 is 3.45. The molecule has 2 N–H and O–H groups in total. The lowest BCUT2D eigenvalue weighted by atomic mass is 10.2. The first-order chi connectivity index (χ1) is 13.7. The normalized spacial score (nSPS) is 16.8. The minimum absolute atomic E-state index is 0.326. The van der Waals surface area contributed by atoms with Gasteiger partial charge in [0.2, 0.25) is 0 Å². The number of hydrogen-bond donors (Lipinski definition) is 2. The first-order valence-electron chi connectivity index (χ1n) is 9.66. The number of aromatic nitrogens is 1. The van der Waals surface area contributed by atoms with E-state index in [1.54, 1.807) is 11.3 Å². The maximum atomic E-state index is 5.53. The lowest BCUT2D eigenvalue weighted by molar-refractivity contribution is 0.0177. The molecule has 3 rings (SSSR count). The number of nitrogens with zero attached hydrogens (tertiary/aromatic N) is 4. The van der Waals surface area contributed by atoms with Gasteiger partial charge in [-0.25, -0.2) is 9.98 Å². The SMILES string of the molecule is CCNC(=NCc1csc(N(C)C)n1)NCC(c1cccs1)N1CCOCC1. The van der Waals surface area contributed by atoms with Gasteiger partial charge in [0, 0.05) is 50.5 Å². The molecule has 0 radical (unpaired) electrons. The minimum atomic E-state index is 0.326. The zero-order valence-corrected chi connectivity index (χ0v) is 18.5. The van der Waals surface area contributed by atoms with Crippen molar-refractivity contribution in [2.24, 2.45) is 4.99 Å². The molecule has 1 unspecified atom stereocenters. The van der Waals surface area contributed by atoms with E-state index in [0.29, 0.717) is 12.6 Å². The third kappa shape index (κ3) is 5.91. The van der Waals surface area contributed by atoms with Crippen LogP contribution in [0.3, 0.4) is 0 Å². The summed E-state index contributed by atoms with van der Waals surface area (Å²) in [6.07, 6.45) is 0. The van der Waals surface area contributed by atoms with Crippen LogP contribution in [0.5, 0.6) is 0 Å². The highest BCUT2D eigenvalue weighted by atomic mass is 32.1. The van der Waals surface area contributed by atoms with Crippen LogP contribution in [-0.4, -0.2) is 69.3 Å². The number of morpholine rings is 1. The second-order valence-corrected chi connectivity index (χ2v) is 8.59. The number of anilines is 1. The van der Waals surface area contributed by atoms with E-state index in [-0.39, 0.29) is 0 Å². The average molecular weight is 423 g/mol. The topological polar surface area (TPSA) is 65.0 Å². The molecule has 1 saturated heterocycles. The standard InChI is InChI=1S/C19H30N6OS2/c1-4-20-18(21-12-15-14-28-19(23-15)24(2)3)22-13-16(17-6-5-11-27-17)25-7-9-26-10-8-25/h5-6,11,14,16H,4,7-10,12-13H2,1-3H3,(H2,20,21,22). The van der Waals surface area contributed by atoms with E-state index < -0.39 is 0 Å². The Labute approximate surface area is 175 Å². The fraction of sp³-hybridized carbons (Fsp3) is 0.579. The van der Waals surface area contributed by atoms with Crippen LogP contribution in [0.1, 0.15) is 23.5 Å². The minimum Gasteiger partial charge on any atom is -0.379 e. The second-order valence-electron chi connectivity index (χ2n) is 6.77. The molecule has 2 aromatic rings. The van der Waals surface area contributed by atoms with E-state index in [9.17, 15) is 0 Å². The van der Waals surface area contributed by atoms with Crippen molar-refractivity contribution >= 4 is 33.8 Å². The Morgan fingerprint density at radius 3 is 2.79 bits per heavy atom. The maximum Gasteiger partial charge on any atom is 0.191 e. The van der Waals surface area contributed by atoms with E-state index in [0.717, 1.165) is 56.2 Å². The molecule has 9 heteroatoms. The van der Waals surface area contributed by atoms with Gasteiger partial charge in [0.05, 0.1) is 31.5 Å². The third-order valence-corrected chi connectivity index (χ3v) is 6.52. The molecule has 1 fully saturated rings. The van der Waals surface area contributed by atoms with Crippen LogP contribution < -0.4 is 15.5 Å². The number of ether oxygens (including phenoxy) is 1. The van der Waals surface area contributed by atoms with Crippen molar-refractivity contribution in [3.05, 3.63) is 33.5 Å². The van der Waals surface area contributed by atoms with Gasteiger partial charge in [0.25, 0.3) is 0 Å². The summed E-state index contributed by atoms with van der Waals surface area (Å²) in [5.41, 5.74) is 0.994. The Morgan fingerprint density at radius 1 is 1.32 bits per heavy atom. The van der Waals surface area contributed by atoms with Gasteiger partial charge in [-0.1, -0.05) is 6.07 Å². The summed E-state index contributed by atoms with van der Waals surface area (Å²) in [5.74, 6) is 0.830. The molecule has 0 aromatic carbocycles. The van der Waals surface area contributed by atoms with E-state index in [2.05, 4.69) is 50.3 Å². The van der Waals surface area contributed by atoms with Gasteiger partial charge in [0.1, 0.15) is 0 Å². The van der Waals surface area contributed by atoms with Crippen molar-refractivity contribution in [2.75, 3.05) is 58.4 Å². The van der Waals surface area contributed by atoms with Gasteiger partial charge in [-0.05, 0) is 18.4 Å². The van der Waals surface area contributed by atoms with E-state index in [1.807, 2.05) is 30.3 Å². The molecule has 1 aliphatic heterocycles. The molecule has 0 amide bonds. The molecule has 3 heterocycles. The molecule has 1 aliphatic rings. The molecule has 0 bridgehead atoms. The van der Waals surface area contributed by atoms with Crippen molar-refractivity contribution in [1.29, 1.82) is 0 Å².